The van der Waals surface area contributed by atoms with Gasteiger partial charge in [-0.05, 0) is 75.6 Å². The molecule has 1 saturated carbocycles. The number of anilines is 1. The Morgan fingerprint density at radius 2 is 2.02 bits per heavy atom. The van der Waals surface area contributed by atoms with Crippen molar-refractivity contribution in [3.05, 3.63) is 64.2 Å². The van der Waals surface area contributed by atoms with E-state index in [9.17, 15) is 14.4 Å². The van der Waals surface area contributed by atoms with Crippen LogP contribution in [0, 0.1) is 11.8 Å². The maximum Gasteiger partial charge on any atom is 0.407 e. The van der Waals surface area contributed by atoms with E-state index in [-0.39, 0.29) is 36.5 Å². The minimum atomic E-state index is -0.507. The number of carbonyl (C=O) groups is 2. The van der Waals surface area contributed by atoms with Gasteiger partial charge in [0.15, 0.2) is 5.82 Å². The van der Waals surface area contributed by atoms with Gasteiger partial charge in [-0.2, -0.15) is 5.10 Å². The van der Waals surface area contributed by atoms with Crippen LogP contribution in [0.15, 0.2) is 48.0 Å². The standard InChI is InChI=1S/C27H35ClN8O4/c1-27(2,3)40-26(39)33-13-19-11-18(19)5-4-8-30-24-25(38)35(10-9-31-24)15-23(37)32-14-20-12-21(28)6-7-22(20)36-17-29-16-34-36/h6-7,9-10,12,16-19H,4-5,8,11,13-15H2,1-3H3,(H,30,31)(H,32,37)(H,33,39). The first-order valence-electron chi connectivity index (χ1n) is 13.3. The Morgan fingerprint density at radius 3 is 2.77 bits per heavy atom. The molecule has 3 aromatic rings. The number of nitrogens with one attached hydrogen (secondary N) is 3. The fourth-order valence-corrected chi connectivity index (χ4v) is 4.56. The van der Waals surface area contributed by atoms with Gasteiger partial charge < -0.3 is 25.3 Å². The number of hydrogen-bond donors (Lipinski definition) is 3. The third-order valence-electron chi connectivity index (χ3n) is 6.43. The summed E-state index contributed by atoms with van der Waals surface area (Å²) in [6.07, 6.45) is 8.49. The molecule has 2 amide bonds. The van der Waals surface area contributed by atoms with Gasteiger partial charge >= 0.3 is 6.09 Å². The highest BCUT2D eigenvalue weighted by molar-refractivity contribution is 6.30. The summed E-state index contributed by atoms with van der Waals surface area (Å²) in [5, 5.41) is 13.4. The number of hydrogen-bond acceptors (Lipinski definition) is 8. The van der Waals surface area contributed by atoms with Crippen LogP contribution in [0.25, 0.3) is 5.69 Å². The van der Waals surface area contributed by atoms with Gasteiger partial charge in [0.1, 0.15) is 24.8 Å². The van der Waals surface area contributed by atoms with Gasteiger partial charge in [0.2, 0.25) is 5.91 Å². The van der Waals surface area contributed by atoms with Crippen LogP contribution in [0.3, 0.4) is 0 Å². The lowest BCUT2D eigenvalue weighted by Crippen LogP contribution is -2.33. The van der Waals surface area contributed by atoms with Crippen molar-refractivity contribution in [3.63, 3.8) is 0 Å². The highest BCUT2D eigenvalue weighted by Crippen LogP contribution is 2.41. The van der Waals surface area contributed by atoms with E-state index < -0.39 is 5.60 Å². The topological polar surface area (TPSA) is 145 Å². The van der Waals surface area contributed by atoms with Crippen LogP contribution in [0.2, 0.25) is 5.02 Å². The molecule has 2 unspecified atom stereocenters. The summed E-state index contributed by atoms with van der Waals surface area (Å²) in [4.78, 5) is 45.4. The predicted molar refractivity (Wildman–Crippen MR) is 150 cm³/mol. The second-order valence-corrected chi connectivity index (χ2v) is 11.2. The van der Waals surface area contributed by atoms with E-state index in [2.05, 4.69) is 31.0 Å². The average molecular weight is 571 g/mol. The van der Waals surface area contributed by atoms with Crippen molar-refractivity contribution >= 4 is 29.4 Å². The molecule has 2 heterocycles. The van der Waals surface area contributed by atoms with Crippen molar-refractivity contribution in [2.45, 2.75) is 58.7 Å². The summed E-state index contributed by atoms with van der Waals surface area (Å²) in [5.74, 6) is 0.879. The average Bonchev–Trinajstić information content (AvgIpc) is 3.41. The monoisotopic (exact) mass is 570 g/mol. The second-order valence-electron chi connectivity index (χ2n) is 10.8. The normalized spacial score (nSPS) is 16.3. The van der Waals surface area contributed by atoms with Gasteiger partial charge in [-0.15, -0.1) is 0 Å². The molecule has 2 atom stereocenters. The van der Waals surface area contributed by atoms with Crippen molar-refractivity contribution in [3.8, 4) is 5.69 Å². The minimum Gasteiger partial charge on any atom is -0.444 e. The van der Waals surface area contributed by atoms with E-state index in [0.29, 0.717) is 29.9 Å². The van der Waals surface area contributed by atoms with Gasteiger partial charge in [-0.3, -0.25) is 9.59 Å². The zero-order valence-electron chi connectivity index (χ0n) is 22.9. The summed E-state index contributed by atoms with van der Waals surface area (Å²) in [5.41, 5.74) is 0.627. The quantitative estimate of drug-likeness (QED) is 0.282. The molecular formula is C27H35ClN8O4. The van der Waals surface area contributed by atoms with Gasteiger partial charge in [-0.25, -0.2) is 19.4 Å². The molecule has 0 saturated heterocycles. The highest BCUT2D eigenvalue weighted by Gasteiger charge is 2.36. The molecule has 0 radical (unpaired) electrons. The molecule has 0 spiro atoms. The van der Waals surface area contributed by atoms with E-state index in [1.807, 2.05) is 20.8 Å². The number of nitrogens with zero attached hydrogens (tertiary/aromatic N) is 5. The Balaban J connectivity index is 1.20. The highest BCUT2D eigenvalue weighted by atomic mass is 35.5. The fraction of sp³-hybridized carbons (Fsp3) is 0.481. The largest absolute Gasteiger partial charge is 0.444 e. The van der Waals surface area contributed by atoms with Crippen LogP contribution >= 0.6 is 11.6 Å². The lowest BCUT2D eigenvalue weighted by Gasteiger charge is -2.19. The van der Waals surface area contributed by atoms with Gasteiger partial charge in [0.25, 0.3) is 5.56 Å². The second kappa shape index (κ2) is 12.9. The molecule has 214 valence electrons. The van der Waals surface area contributed by atoms with Crippen LogP contribution in [-0.4, -0.2) is 55.0 Å². The summed E-state index contributed by atoms with van der Waals surface area (Å²) in [6.45, 7) is 6.76. The molecule has 2 aromatic heterocycles. The Labute approximate surface area is 237 Å². The third kappa shape index (κ3) is 8.54. The van der Waals surface area contributed by atoms with E-state index in [4.69, 9.17) is 16.3 Å². The van der Waals surface area contributed by atoms with Crippen molar-refractivity contribution in [2.24, 2.45) is 11.8 Å². The van der Waals surface area contributed by atoms with Crippen LogP contribution in [0.5, 0.6) is 0 Å². The van der Waals surface area contributed by atoms with Crippen LogP contribution in [0.1, 0.15) is 45.6 Å². The number of rotatable bonds is 12. The lowest BCUT2D eigenvalue weighted by atomic mass is 10.1. The van der Waals surface area contributed by atoms with Gasteiger partial charge in [0.05, 0.1) is 5.69 Å². The zero-order valence-corrected chi connectivity index (χ0v) is 23.6. The maximum atomic E-state index is 12.8. The Kier molecular flexibility index (Phi) is 9.41. The predicted octanol–water partition coefficient (Wildman–Crippen LogP) is 3.15. The molecule has 1 fully saturated rings. The number of amides is 2. The van der Waals surface area contributed by atoms with E-state index in [0.717, 1.165) is 30.5 Å². The SMILES string of the molecule is CC(C)(C)OC(=O)NCC1CC1CCCNc1nccn(CC(=O)NCc2cc(Cl)ccc2-n2cncn2)c1=O. The number of alkyl carbamates (subject to hydrolysis) is 1. The summed E-state index contributed by atoms with van der Waals surface area (Å²) in [7, 11) is 0. The zero-order chi connectivity index (χ0) is 28.7. The molecule has 0 bridgehead atoms. The van der Waals surface area contributed by atoms with Crippen molar-refractivity contribution in [1.29, 1.82) is 0 Å². The molecule has 1 aromatic carbocycles. The molecule has 3 N–H and O–H groups in total. The number of benzene rings is 1. The number of aromatic nitrogens is 5. The smallest absolute Gasteiger partial charge is 0.407 e. The molecule has 1 aliphatic carbocycles. The van der Waals surface area contributed by atoms with Crippen LogP contribution in [0.4, 0.5) is 10.6 Å². The lowest BCUT2D eigenvalue weighted by molar-refractivity contribution is -0.121. The molecule has 13 heteroatoms. The minimum absolute atomic E-state index is 0.149. The first kappa shape index (κ1) is 29.1. The molecule has 1 aliphatic rings. The first-order valence-corrected chi connectivity index (χ1v) is 13.6. The molecular weight excluding hydrogens is 536 g/mol. The molecule has 0 aliphatic heterocycles. The van der Waals surface area contributed by atoms with Crippen LogP contribution < -0.4 is 21.5 Å². The Bertz CT molecular complexity index is 1370. The summed E-state index contributed by atoms with van der Waals surface area (Å²) >= 11 is 6.15. The van der Waals surface area contributed by atoms with Crippen molar-refractivity contribution in [1.82, 2.24) is 34.9 Å². The van der Waals surface area contributed by atoms with E-state index in [1.165, 1.54) is 23.3 Å². The number of halogens is 1. The van der Waals surface area contributed by atoms with Crippen molar-refractivity contribution < 1.29 is 14.3 Å². The Morgan fingerprint density at radius 1 is 1.20 bits per heavy atom. The molecule has 12 nitrogen and oxygen atoms in total. The number of ether oxygens (including phenoxy) is 1. The first-order chi connectivity index (χ1) is 19.1. The maximum absolute atomic E-state index is 12.8. The molecule has 4 rings (SSSR count). The summed E-state index contributed by atoms with van der Waals surface area (Å²) < 4.78 is 8.18. The van der Waals surface area contributed by atoms with Crippen LogP contribution in [-0.2, 0) is 22.6 Å². The molecule has 40 heavy (non-hydrogen) atoms. The van der Waals surface area contributed by atoms with Crippen molar-refractivity contribution in [2.75, 3.05) is 18.4 Å². The van der Waals surface area contributed by atoms with Gasteiger partial charge in [-0.1, -0.05) is 11.6 Å². The van der Waals surface area contributed by atoms with E-state index >= 15 is 0 Å². The number of carbonyl (C=O) groups excluding carboxylic acids is 2. The van der Waals surface area contributed by atoms with E-state index in [1.54, 1.807) is 29.2 Å². The Hall–Kier alpha value is -3.93. The fourth-order valence-electron chi connectivity index (χ4n) is 4.36. The van der Waals surface area contributed by atoms with Gasteiger partial charge in [0, 0.05) is 37.1 Å². The summed E-state index contributed by atoms with van der Waals surface area (Å²) in [6, 6.07) is 5.29. The third-order valence-corrected chi connectivity index (χ3v) is 6.67.